The normalized spacial score (nSPS) is 15.9. The zero-order chi connectivity index (χ0) is 21.9. The van der Waals surface area contributed by atoms with Crippen LogP contribution in [-0.4, -0.2) is 22.5 Å². The Balaban J connectivity index is 1.56. The van der Waals surface area contributed by atoms with Crippen LogP contribution in [0, 0.1) is 23.3 Å². The summed E-state index contributed by atoms with van der Waals surface area (Å²) in [6.07, 6.45) is 0. The monoisotopic (exact) mass is 431 g/mol. The Kier molecular flexibility index (Phi) is 4.33. The van der Waals surface area contributed by atoms with Gasteiger partial charge in [0, 0.05) is 28.2 Å². The molecule has 0 saturated carbocycles. The molecule has 0 saturated heterocycles. The quantitative estimate of drug-likeness (QED) is 0.424. The second kappa shape index (κ2) is 6.95. The van der Waals surface area contributed by atoms with Gasteiger partial charge in [-0.3, -0.25) is 9.59 Å². The summed E-state index contributed by atoms with van der Waals surface area (Å²) in [6, 6.07) is 4.19. The van der Waals surface area contributed by atoms with Gasteiger partial charge in [0.2, 0.25) is 0 Å². The van der Waals surface area contributed by atoms with Crippen LogP contribution in [0.1, 0.15) is 27.8 Å². The van der Waals surface area contributed by atoms with Crippen molar-refractivity contribution in [2.75, 3.05) is 6.61 Å². The first kappa shape index (κ1) is 19.3. The van der Waals surface area contributed by atoms with Crippen LogP contribution in [0.25, 0.3) is 21.7 Å². The van der Waals surface area contributed by atoms with Crippen molar-refractivity contribution in [1.29, 1.82) is 0 Å². The predicted octanol–water partition coefficient (Wildman–Crippen LogP) is 3.57. The number of halogens is 4. The topological polar surface area (TPSA) is 87.0 Å². The second-order valence-electron chi connectivity index (χ2n) is 7.24. The number of hydrogen-bond acceptors (Lipinski definition) is 3. The number of fused-ring (bicyclic) bond motifs is 4. The van der Waals surface area contributed by atoms with Crippen molar-refractivity contribution < 1.29 is 27.1 Å². The summed E-state index contributed by atoms with van der Waals surface area (Å²) in [5.41, 5.74) is 0.403. The number of ether oxygens (including phenoxy) is 1. The first-order valence-electron chi connectivity index (χ1n) is 9.22. The number of pyridine rings is 1. The molecule has 0 aliphatic carbocycles. The van der Waals surface area contributed by atoms with Gasteiger partial charge in [0.15, 0.2) is 23.3 Å². The van der Waals surface area contributed by atoms with Crippen molar-refractivity contribution in [3.05, 3.63) is 80.9 Å². The van der Waals surface area contributed by atoms with E-state index in [0.29, 0.717) is 16.6 Å². The maximum absolute atomic E-state index is 13.9. The lowest BCUT2D eigenvalue weighted by molar-refractivity contribution is 0.0692. The lowest BCUT2D eigenvalue weighted by Gasteiger charge is -2.27. The number of benzene rings is 2. The molecule has 3 N–H and O–H groups in total. The van der Waals surface area contributed by atoms with Gasteiger partial charge in [-0.2, -0.15) is 0 Å². The van der Waals surface area contributed by atoms with Crippen molar-refractivity contribution in [1.82, 2.24) is 15.3 Å². The minimum Gasteiger partial charge on any atom is -0.373 e. The van der Waals surface area contributed by atoms with E-state index in [1.54, 1.807) is 0 Å². The Labute approximate surface area is 170 Å². The third-order valence-electron chi connectivity index (χ3n) is 5.28. The van der Waals surface area contributed by atoms with E-state index < -0.39 is 40.8 Å². The number of rotatable bonds is 2. The van der Waals surface area contributed by atoms with Crippen molar-refractivity contribution >= 4 is 27.6 Å². The number of H-pyrrole nitrogens is 2. The first-order valence-corrected chi connectivity index (χ1v) is 9.22. The molecule has 4 aromatic rings. The Morgan fingerprint density at radius 2 is 1.61 bits per heavy atom. The van der Waals surface area contributed by atoms with Crippen molar-refractivity contribution in [3.63, 3.8) is 0 Å². The summed E-state index contributed by atoms with van der Waals surface area (Å²) < 4.78 is 59.9. The van der Waals surface area contributed by atoms with E-state index in [9.17, 15) is 27.2 Å². The number of nitrogens with one attached hydrogen (secondary N) is 3. The third-order valence-corrected chi connectivity index (χ3v) is 5.28. The average molecular weight is 431 g/mol. The van der Waals surface area contributed by atoms with Crippen LogP contribution >= 0.6 is 0 Å². The van der Waals surface area contributed by atoms with E-state index in [1.165, 1.54) is 6.07 Å². The van der Waals surface area contributed by atoms with Crippen LogP contribution in [0.4, 0.5) is 17.6 Å². The van der Waals surface area contributed by atoms with Crippen molar-refractivity contribution in [3.8, 4) is 0 Å². The molecule has 10 heteroatoms. The Hall–Kier alpha value is -3.66. The number of aromatic nitrogens is 2. The minimum atomic E-state index is -1.16. The van der Waals surface area contributed by atoms with E-state index in [4.69, 9.17) is 4.74 Å². The summed E-state index contributed by atoms with van der Waals surface area (Å²) in [6.45, 7) is 0.0409. The van der Waals surface area contributed by atoms with Gasteiger partial charge in [-0.1, -0.05) is 0 Å². The van der Waals surface area contributed by atoms with Crippen molar-refractivity contribution in [2.24, 2.45) is 0 Å². The van der Waals surface area contributed by atoms with Crippen LogP contribution in [0.2, 0.25) is 0 Å². The summed E-state index contributed by atoms with van der Waals surface area (Å²) in [5.74, 6) is -5.00. The molecular formula is C21H13F4N3O3. The average Bonchev–Trinajstić information content (AvgIpc) is 3.13. The van der Waals surface area contributed by atoms with E-state index in [-0.39, 0.29) is 35.2 Å². The highest BCUT2D eigenvalue weighted by Crippen LogP contribution is 2.31. The summed E-state index contributed by atoms with van der Waals surface area (Å²) in [4.78, 5) is 30.4. The fourth-order valence-electron chi connectivity index (χ4n) is 3.86. The van der Waals surface area contributed by atoms with Gasteiger partial charge < -0.3 is 20.0 Å². The molecule has 3 heterocycles. The van der Waals surface area contributed by atoms with Gasteiger partial charge in [-0.05, 0) is 29.7 Å². The Morgan fingerprint density at radius 1 is 0.935 bits per heavy atom. The first-order chi connectivity index (χ1) is 14.8. The van der Waals surface area contributed by atoms with Gasteiger partial charge in [-0.25, -0.2) is 17.6 Å². The summed E-state index contributed by atoms with van der Waals surface area (Å²) in [5, 5.41) is 3.11. The van der Waals surface area contributed by atoms with Gasteiger partial charge in [0.1, 0.15) is 5.69 Å². The number of hydrogen-bond donors (Lipinski definition) is 3. The second-order valence-corrected chi connectivity index (χ2v) is 7.24. The summed E-state index contributed by atoms with van der Waals surface area (Å²) in [7, 11) is 0. The fourth-order valence-corrected chi connectivity index (χ4v) is 3.86. The largest absolute Gasteiger partial charge is 0.373 e. The van der Waals surface area contributed by atoms with E-state index >= 15 is 0 Å². The molecule has 6 nitrogen and oxygen atoms in total. The standard InChI is InChI=1S/C21H13F4N3O3/c22-11-1-8-2-16(26-15(8)5-14(11)25)21(30)28-18-7-31-6-17-19(18)9-3-12(23)13(24)4-10(9)20(29)27-17/h1-5,18,26H,6-7H2,(H,27,29)(H,28,30). The van der Waals surface area contributed by atoms with Crippen molar-refractivity contribution in [2.45, 2.75) is 12.6 Å². The smallest absolute Gasteiger partial charge is 0.268 e. The van der Waals surface area contributed by atoms with Gasteiger partial charge in [-0.15, -0.1) is 0 Å². The molecule has 5 rings (SSSR count). The maximum Gasteiger partial charge on any atom is 0.268 e. The van der Waals surface area contributed by atoms with Gasteiger partial charge in [0.05, 0.1) is 24.6 Å². The van der Waals surface area contributed by atoms with E-state index in [1.807, 2.05) is 0 Å². The highest BCUT2D eigenvalue weighted by molar-refractivity contribution is 5.98. The Morgan fingerprint density at radius 3 is 2.39 bits per heavy atom. The molecule has 0 fully saturated rings. The van der Waals surface area contributed by atoms with Gasteiger partial charge >= 0.3 is 0 Å². The molecule has 0 spiro atoms. The SMILES string of the molecule is O=C(NC1COCc2[nH]c(=O)c3cc(F)c(F)cc3c21)c1cc2cc(F)c(F)cc2[nH]1. The zero-order valence-corrected chi connectivity index (χ0v) is 15.6. The number of aromatic amines is 2. The fraction of sp³-hybridized carbons (Fsp3) is 0.143. The number of carbonyl (C=O) groups is 1. The highest BCUT2D eigenvalue weighted by atomic mass is 19.2. The molecule has 0 radical (unpaired) electrons. The molecule has 158 valence electrons. The maximum atomic E-state index is 13.9. The molecule has 1 aliphatic heterocycles. The molecule has 1 atom stereocenters. The molecule has 0 bridgehead atoms. The molecular weight excluding hydrogens is 418 g/mol. The Bertz CT molecular complexity index is 1400. The van der Waals surface area contributed by atoms with Crippen LogP contribution in [0.3, 0.4) is 0 Å². The molecule has 2 aromatic carbocycles. The number of amides is 1. The van der Waals surface area contributed by atoms with Crippen LogP contribution < -0.4 is 10.9 Å². The minimum absolute atomic E-state index is 0.0162. The van der Waals surface area contributed by atoms with Crippen LogP contribution in [-0.2, 0) is 11.3 Å². The predicted molar refractivity (Wildman–Crippen MR) is 103 cm³/mol. The van der Waals surface area contributed by atoms with Crippen LogP contribution in [0.5, 0.6) is 0 Å². The lowest BCUT2D eigenvalue weighted by Crippen LogP contribution is -2.36. The number of carbonyl (C=O) groups excluding carboxylic acids is 1. The van der Waals surface area contributed by atoms with E-state index in [0.717, 1.165) is 24.3 Å². The molecule has 1 amide bonds. The zero-order valence-electron chi connectivity index (χ0n) is 15.6. The third kappa shape index (κ3) is 3.15. The molecule has 1 unspecified atom stereocenters. The van der Waals surface area contributed by atoms with Gasteiger partial charge in [0.25, 0.3) is 11.5 Å². The lowest BCUT2D eigenvalue weighted by atomic mass is 9.96. The molecule has 1 aliphatic rings. The molecule has 31 heavy (non-hydrogen) atoms. The molecule has 2 aromatic heterocycles. The highest BCUT2D eigenvalue weighted by Gasteiger charge is 2.28. The summed E-state index contributed by atoms with van der Waals surface area (Å²) >= 11 is 0. The van der Waals surface area contributed by atoms with Crippen LogP contribution in [0.15, 0.2) is 35.1 Å². The van der Waals surface area contributed by atoms with E-state index in [2.05, 4.69) is 15.3 Å².